The fourth-order valence-corrected chi connectivity index (χ4v) is 3.00. The number of benzene rings is 2. The highest BCUT2D eigenvalue weighted by Gasteiger charge is 2.27. The number of hydrogen-bond acceptors (Lipinski definition) is 2. The second kappa shape index (κ2) is 10.2. The smallest absolute Gasteiger partial charge is 0.242 e. The van der Waals surface area contributed by atoms with E-state index in [1.54, 1.807) is 43.3 Å². The van der Waals surface area contributed by atoms with Gasteiger partial charge in [0.25, 0.3) is 0 Å². The molecule has 1 N–H and O–H groups in total. The van der Waals surface area contributed by atoms with Gasteiger partial charge in [-0.25, -0.2) is 4.39 Å². The number of hydrogen-bond donors (Lipinski definition) is 1. The molecule has 28 heavy (non-hydrogen) atoms. The number of rotatable bonds is 8. The fraction of sp³-hybridized carbons (Fsp3) is 0.364. The van der Waals surface area contributed by atoms with Crippen molar-refractivity contribution < 1.29 is 14.0 Å². The minimum Gasteiger partial charge on any atom is -0.352 e. The lowest BCUT2D eigenvalue weighted by Gasteiger charge is -2.30. The van der Waals surface area contributed by atoms with Crippen LogP contribution in [0.3, 0.4) is 0 Å². The van der Waals surface area contributed by atoms with Crippen molar-refractivity contribution in [3.05, 3.63) is 70.5 Å². The summed E-state index contributed by atoms with van der Waals surface area (Å²) in [6.45, 7) is 5.78. The van der Waals surface area contributed by atoms with Gasteiger partial charge in [-0.2, -0.15) is 0 Å². The van der Waals surface area contributed by atoms with E-state index in [0.29, 0.717) is 10.6 Å². The molecule has 2 aromatic rings. The SMILES string of the molecule is CC[C@@H](C)NC(=O)[C@H](C)N(Cc1cccc(Cl)c1)C(=O)Cc1ccccc1F. The Kier molecular flexibility index (Phi) is 8.00. The van der Waals surface area contributed by atoms with E-state index in [4.69, 9.17) is 11.6 Å². The molecule has 6 heteroatoms. The number of carbonyl (C=O) groups excluding carboxylic acids is 2. The van der Waals surface area contributed by atoms with Gasteiger partial charge in [0.2, 0.25) is 11.8 Å². The van der Waals surface area contributed by atoms with Crippen molar-refractivity contribution in [3.63, 3.8) is 0 Å². The lowest BCUT2D eigenvalue weighted by Crippen LogP contribution is -2.50. The van der Waals surface area contributed by atoms with E-state index in [-0.39, 0.29) is 30.8 Å². The molecule has 0 aliphatic heterocycles. The van der Waals surface area contributed by atoms with Crippen molar-refractivity contribution in [1.29, 1.82) is 0 Å². The van der Waals surface area contributed by atoms with Crippen LogP contribution in [-0.4, -0.2) is 28.8 Å². The molecule has 2 rings (SSSR count). The Balaban J connectivity index is 2.25. The molecule has 0 radical (unpaired) electrons. The van der Waals surface area contributed by atoms with Gasteiger partial charge in [0.15, 0.2) is 0 Å². The molecular formula is C22H26ClFN2O2. The molecule has 2 aromatic carbocycles. The fourth-order valence-electron chi connectivity index (χ4n) is 2.79. The standard InChI is InChI=1S/C22H26ClFN2O2/c1-4-15(2)25-22(28)16(3)26(14-17-8-7-10-19(23)12-17)21(27)13-18-9-5-6-11-20(18)24/h5-12,15-16H,4,13-14H2,1-3H3,(H,25,28)/t15-,16+/m1/s1. The Morgan fingerprint density at radius 3 is 2.50 bits per heavy atom. The summed E-state index contributed by atoms with van der Waals surface area (Å²) >= 11 is 6.06. The van der Waals surface area contributed by atoms with E-state index < -0.39 is 11.9 Å². The average Bonchev–Trinajstić information content (AvgIpc) is 2.67. The van der Waals surface area contributed by atoms with E-state index in [1.165, 1.54) is 11.0 Å². The van der Waals surface area contributed by atoms with E-state index >= 15 is 0 Å². The molecule has 0 fully saturated rings. The molecule has 0 bridgehead atoms. The van der Waals surface area contributed by atoms with Crippen LogP contribution < -0.4 is 5.32 Å². The molecule has 0 aromatic heterocycles. The zero-order valence-electron chi connectivity index (χ0n) is 16.4. The maximum atomic E-state index is 14.0. The first kappa shape index (κ1) is 21.9. The van der Waals surface area contributed by atoms with Crippen molar-refractivity contribution in [2.45, 2.75) is 52.2 Å². The molecule has 0 saturated carbocycles. The van der Waals surface area contributed by atoms with Gasteiger partial charge in [-0.15, -0.1) is 0 Å². The van der Waals surface area contributed by atoms with Crippen molar-refractivity contribution in [1.82, 2.24) is 10.2 Å². The van der Waals surface area contributed by atoms with Gasteiger partial charge in [0, 0.05) is 17.6 Å². The highest BCUT2D eigenvalue weighted by molar-refractivity contribution is 6.30. The van der Waals surface area contributed by atoms with E-state index in [1.807, 2.05) is 19.9 Å². The minimum absolute atomic E-state index is 0.00430. The van der Waals surface area contributed by atoms with Crippen molar-refractivity contribution >= 4 is 23.4 Å². The Morgan fingerprint density at radius 1 is 1.14 bits per heavy atom. The monoisotopic (exact) mass is 404 g/mol. The second-order valence-corrected chi connectivity index (χ2v) is 7.35. The van der Waals surface area contributed by atoms with Gasteiger partial charge in [0.1, 0.15) is 11.9 Å². The zero-order valence-corrected chi connectivity index (χ0v) is 17.2. The predicted octanol–water partition coefficient (Wildman–Crippen LogP) is 4.35. The second-order valence-electron chi connectivity index (χ2n) is 6.91. The first-order valence-electron chi connectivity index (χ1n) is 9.39. The first-order chi connectivity index (χ1) is 13.3. The van der Waals surface area contributed by atoms with E-state index in [0.717, 1.165) is 12.0 Å². The number of amides is 2. The predicted molar refractivity (Wildman–Crippen MR) is 109 cm³/mol. The number of nitrogens with zero attached hydrogens (tertiary/aromatic N) is 1. The van der Waals surface area contributed by atoms with Crippen LogP contribution in [-0.2, 0) is 22.6 Å². The van der Waals surface area contributed by atoms with Crippen molar-refractivity contribution in [2.75, 3.05) is 0 Å². The summed E-state index contributed by atoms with van der Waals surface area (Å²) in [6, 6.07) is 12.6. The summed E-state index contributed by atoms with van der Waals surface area (Å²) in [5.74, 6) is -0.995. The Hall–Kier alpha value is -2.40. The molecule has 150 valence electrons. The van der Waals surface area contributed by atoms with Crippen LogP contribution in [0.2, 0.25) is 5.02 Å². The van der Waals surface area contributed by atoms with Gasteiger partial charge >= 0.3 is 0 Å². The van der Waals surface area contributed by atoms with Crippen LogP contribution in [0, 0.1) is 5.82 Å². The zero-order chi connectivity index (χ0) is 20.7. The average molecular weight is 405 g/mol. The lowest BCUT2D eigenvalue weighted by molar-refractivity contribution is -0.140. The molecule has 2 amide bonds. The van der Waals surface area contributed by atoms with Gasteiger partial charge in [-0.3, -0.25) is 9.59 Å². The lowest BCUT2D eigenvalue weighted by atomic mass is 10.1. The number of halogens is 2. The van der Waals surface area contributed by atoms with Gasteiger partial charge in [-0.05, 0) is 49.6 Å². The van der Waals surface area contributed by atoms with Gasteiger partial charge < -0.3 is 10.2 Å². The summed E-state index contributed by atoms with van der Waals surface area (Å²) < 4.78 is 14.0. The highest BCUT2D eigenvalue weighted by Crippen LogP contribution is 2.17. The molecular weight excluding hydrogens is 379 g/mol. The molecule has 0 aliphatic rings. The van der Waals surface area contributed by atoms with Crippen molar-refractivity contribution in [3.8, 4) is 0 Å². The number of carbonyl (C=O) groups is 2. The first-order valence-corrected chi connectivity index (χ1v) is 9.77. The van der Waals surface area contributed by atoms with E-state index in [2.05, 4.69) is 5.32 Å². The molecule has 0 heterocycles. The van der Waals surface area contributed by atoms with Crippen molar-refractivity contribution in [2.24, 2.45) is 0 Å². The van der Waals surface area contributed by atoms with Crippen LogP contribution in [0.4, 0.5) is 4.39 Å². The van der Waals surface area contributed by atoms with E-state index in [9.17, 15) is 14.0 Å². The van der Waals surface area contributed by atoms with Gasteiger partial charge in [-0.1, -0.05) is 48.9 Å². The molecule has 4 nitrogen and oxygen atoms in total. The Labute approximate surface area is 170 Å². The van der Waals surface area contributed by atoms with Crippen LogP contribution in [0.25, 0.3) is 0 Å². The maximum absolute atomic E-state index is 14.0. The van der Waals surface area contributed by atoms with Crippen LogP contribution >= 0.6 is 11.6 Å². The third-order valence-corrected chi connectivity index (χ3v) is 4.94. The van der Waals surface area contributed by atoms with Crippen LogP contribution in [0.1, 0.15) is 38.3 Å². The molecule has 0 aliphatic carbocycles. The summed E-state index contributed by atoms with van der Waals surface area (Å²) in [5.41, 5.74) is 1.11. The topological polar surface area (TPSA) is 49.4 Å². The quantitative estimate of drug-likeness (QED) is 0.710. The Bertz CT molecular complexity index is 828. The third kappa shape index (κ3) is 6.06. The molecule has 0 unspecified atom stereocenters. The van der Waals surface area contributed by atoms with Crippen LogP contribution in [0.5, 0.6) is 0 Å². The van der Waals surface area contributed by atoms with Gasteiger partial charge in [0.05, 0.1) is 6.42 Å². The summed E-state index contributed by atoms with van der Waals surface area (Å²) in [5, 5.41) is 3.46. The minimum atomic E-state index is -0.702. The molecule has 0 saturated heterocycles. The maximum Gasteiger partial charge on any atom is 0.242 e. The Morgan fingerprint density at radius 2 is 1.86 bits per heavy atom. The number of nitrogens with one attached hydrogen (secondary N) is 1. The normalized spacial score (nSPS) is 12.9. The molecule has 0 spiro atoms. The summed E-state index contributed by atoms with van der Waals surface area (Å²) in [7, 11) is 0. The third-order valence-electron chi connectivity index (χ3n) is 4.71. The van der Waals surface area contributed by atoms with Crippen LogP contribution in [0.15, 0.2) is 48.5 Å². The highest BCUT2D eigenvalue weighted by atomic mass is 35.5. The molecule has 2 atom stereocenters. The summed E-state index contributed by atoms with van der Waals surface area (Å²) in [6.07, 6.45) is 0.671. The summed E-state index contributed by atoms with van der Waals surface area (Å²) in [4.78, 5) is 27.1. The largest absolute Gasteiger partial charge is 0.352 e.